The molecule has 1 amide bonds. The molecule has 5 nitrogen and oxygen atoms in total. The second-order valence-electron chi connectivity index (χ2n) is 4.81. The number of rotatable bonds is 3. The van der Waals surface area contributed by atoms with Gasteiger partial charge in [0, 0.05) is 11.1 Å². The highest BCUT2D eigenvalue weighted by atomic mass is 19.3. The van der Waals surface area contributed by atoms with Crippen LogP contribution in [0.15, 0.2) is 53.6 Å². The lowest BCUT2D eigenvalue weighted by molar-refractivity contribution is 0.102. The number of alkyl halides is 2. The van der Waals surface area contributed by atoms with Crippen LogP contribution in [0.3, 0.4) is 0 Å². The van der Waals surface area contributed by atoms with Gasteiger partial charge in [0.1, 0.15) is 5.52 Å². The molecule has 0 unspecified atom stereocenters. The van der Waals surface area contributed by atoms with Crippen LogP contribution in [0.4, 0.5) is 14.5 Å². The largest absolute Gasteiger partial charge is 0.320 e. The van der Waals surface area contributed by atoms with Crippen molar-refractivity contribution in [3.8, 4) is 0 Å². The Bertz CT molecular complexity index is 938. The second kappa shape index (κ2) is 5.96. The Morgan fingerprint density at radius 2 is 1.96 bits per heavy atom. The van der Waals surface area contributed by atoms with Crippen molar-refractivity contribution in [2.75, 3.05) is 5.32 Å². The Hall–Kier alpha value is -3.09. The average molecular weight is 315 g/mol. The molecule has 3 aromatic rings. The van der Waals surface area contributed by atoms with Gasteiger partial charge in [-0.3, -0.25) is 9.59 Å². The molecule has 0 saturated carbocycles. The number of benzene rings is 2. The quantitative estimate of drug-likeness (QED) is 0.780. The number of hydrogen-bond donors (Lipinski definition) is 2. The predicted octanol–water partition coefficient (Wildman–Crippen LogP) is 3.11. The summed E-state index contributed by atoms with van der Waals surface area (Å²) in [7, 11) is 0. The normalized spacial score (nSPS) is 10.9. The number of para-hydroxylation sites is 1. The van der Waals surface area contributed by atoms with Gasteiger partial charge >= 0.3 is 0 Å². The van der Waals surface area contributed by atoms with Crippen LogP contribution < -0.4 is 10.9 Å². The van der Waals surface area contributed by atoms with Gasteiger partial charge < -0.3 is 10.3 Å². The Kier molecular flexibility index (Phi) is 3.84. The maximum atomic E-state index is 12.7. The third-order valence-corrected chi connectivity index (χ3v) is 3.32. The van der Waals surface area contributed by atoms with E-state index in [9.17, 15) is 18.4 Å². The van der Waals surface area contributed by atoms with E-state index in [0.717, 1.165) is 6.07 Å². The van der Waals surface area contributed by atoms with Crippen LogP contribution in [0.5, 0.6) is 0 Å². The number of carbonyl (C=O) groups excluding carboxylic acids is 1. The number of carbonyl (C=O) groups is 1. The van der Waals surface area contributed by atoms with Crippen LogP contribution in [-0.2, 0) is 0 Å². The summed E-state index contributed by atoms with van der Waals surface area (Å²) in [6.07, 6.45) is -1.42. The zero-order chi connectivity index (χ0) is 16.4. The average Bonchev–Trinajstić information content (AvgIpc) is 2.56. The zero-order valence-electron chi connectivity index (χ0n) is 11.7. The van der Waals surface area contributed by atoms with Crippen LogP contribution in [0.25, 0.3) is 10.9 Å². The van der Waals surface area contributed by atoms with Crippen molar-refractivity contribution in [2.24, 2.45) is 0 Å². The number of nitrogens with one attached hydrogen (secondary N) is 2. The molecule has 1 heterocycles. The molecule has 3 rings (SSSR count). The molecule has 7 heteroatoms. The number of amides is 1. The highest BCUT2D eigenvalue weighted by Crippen LogP contribution is 2.22. The van der Waals surface area contributed by atoms with Gasteiger partial charge in [-0.2, -0.15) is 0 Å². The van der Waals surface area contributed by atoms with Gasteiger partial charge in [-0.15, -0.1) is 0 Å². The van der Waals surface area contributed by atoms with Gasteiger partial charge in [0.25, 0.3) is 17.9 Å². The van der Waals surface area contributed by atoms with Crippen molar-refractivity contribution < 1.29 is 13.6 Å². The van der Waals surface area contributed by atoms with Gasteiger partial charge in [0.05, 0.1) is 17.4 Å². The predicted molar refractivity (Wildman–Crippen MR) is 81.7 cm³/mol. The number of anilines is 1. The van der Waals surface area contributed by atoms with Crippen molar-refractivity contribution in [1.82, 2.24) is 9.97 Å². The summed E-state index contributed by atoms with van der Waals surface area (Å²) in [6, 6.07) is 9.98. The molecule has 0 spiro atoms. The minimum atomic E-state index is -2.65. The number of fused-ring (bicyclic) bond motifs is 1. The van der Waals surface area contributed by atoms with E-state index in [-0.39, 0.29) is 16.7 Å². The lowest BCUT2D eigenvalue weighted by atomic mass is 10.1. The Morgan fingerprint density at radius 1 is 1.17 bits per heavy atom. The first kappa shape index (κ1) is 14.8. The van der Waals surface area contributed by atoms with Crippen molar-refractivity contribution in [3.63, 3.8) is 0 Å². The summed E-state index contributed by atoms with van der Waals surface area (Å²) < 4.78 is 25.4. The van der Waals surface area contributed by atoms with Crippen LogP contribution in [-0.4, -0.2) is 15.9 Å². The van der Waals surface area contributed by atoms with Crippen LogP contribution in [0.1, 0.15) is 22.3 Å². The van der Waals surface area contributed by atoms with E-state index in [0.29, 0.717) is 16.6 Å². The fourth-order valence-electron chi connectivity index (χ4n) is 2.21. The summed E-state index contributed by atoms with van der Waals surface area (Å²) >= 11 is 0. The van der Waals surface area contributed by atoms with Gasteiger partial charge in [0.15, 0.2) is 0 Å². The maximum absolute atomic E-state index is 12.7. The summed E-state index contributed by atoms with van der Waals surface area (Å²) in [5, 5.41) is 2.92. The maximum Gasteiger partial charge on any atom is 0.263 e. The van der Waals surface area contributed by atoms with Crippen molar-refractivity contribution in [3.05, 3.63) is 70.3 Å². The molecule has 0 radical (unpaired) electrons. The highest BCUT2D eigenvalue weighted by molar-refractivity contribution is 6.08. The van der Waals surface area contributed by atoms with E-state index in [1.54, 1.807) is 18.2 Å². The first-order valence-corrected chi connectivity index (χ1v) is 6.72. The van der Waals surface area contributed by atoms with E-state index in [2.05, 4.69) is 15.3 Å². The van der Waals surface area contributed by atoms with E-state index in [1.165, 1.54) is 24.5 Å². The molecule has 116 valence electrons. The zero-order valence-corrected chi connectivity index (χ0v) is 11.7. The molecule has 0 bridgehead atoms. The number of halogens is 2. The lowest BCUT2D eigenvalue weighted by Crippen LogP contribution is -2.14. The number of aromatic amines is 1. The molecule has 0 aliphatic heterocycles. The van der Waals surface area contributed by atoms with Gasteiger partial charge in [-0.05, 0) is 24.3 Å². The third kappa shape index (κ3) is 2.94. The fourth-order valence-corrected chi connectivity index (χ4v) is 2.21. The summed E-state index contributed by atoms with van der Waals surface area (Å²) in [5.74, 6) is -0.554. The van der Waals surface area contributed by atoms with Gasteiger partial charge in [0.2, 0.25) is 0 Å². The van der Waals surface area contributed by atoms with Crippen LogP contribution >= 0.6 is 0 Å². The smallest absolute Gasteiger partial charge is 0.263 e. The number of aromatic nitrogens is 2. The first-order chi connectivity index (χ1) is 11.1. The first-order valence-electron chi connectivity index (χ1n) is 6.72. The van der Waals surface area contributed by atoms with E-state index >= 15 is 0 Å². The summed E-state index contributed by atoms with van der Waals surface area (Å²) in [5.41, 5.74) is 0.205. The molecule has 0 aliphatic rings. The molecule has 2 N–H and O–H groups in total. The van der Waals surface area contributed by atoms with Gasteiger partial charge in [-0.1, -0.05) is 18.2 Å². The van der Waals surface area contributed by atoms with Gasteiger partial charge in [-0.25, -0.2) is 13.8 Å². The topological polar surface area (TPSA) is 74.8 Å². The van der Waals surface area contributed by atoms with Crippen LogP contribution in [0, 0.1) is 0 Å². The number of H-pyrrole nitrogens is 1. The van der Waals surface area contributed by atoms with Crippen LogP contribution in [0.2, 0.25) is 0 Å². The number of hydrogen-bond acceptors (Lipinski definition) is 3. The SMILES string of the molecule is O=C(Nc1cccc2c(=O)[nH]cnc12)c1cccc(C(F)F)c1. The molecular weight excluding hydrogens is 304 g/mol. The van der Waals surface area contributed by atoms with Crippen molar-refractivity contribution in [1.29, 1.82) is 0 Å². The molecule has 2 aromatic carbocycles. The Morgan fingerprint density at radius 3 is 2.74 bits per heavy atom. The monoisotopic (exact) mass is 315 g/mol. The Balaban J connectivity index is 1.96. The van der Waals surface area contributed by atoms with Crippen molar-refractivity contribution in [2.45, 2.75) is 6.43 Å². The highest BCUT2D eigenvalue weighted by Gasteiger charge is 2.13. The molecular formula is C16H11F2N3O2. The molecule has 23 heavy (non-hydrogen) atoms. The molecule has 0 fully saturated rings. The molecule has 0 saturated heterocycles. The fraction of sp³-hybridized carbons (Fsp3) is 0.0625. The van der Waals surface area contributed by atoms with E-state index in [4.69, 9.17) is 0 Å². The van der Waals surface area contributed by atoms with E-state index < -0.39 is 12.3 Å². The minimum Gasteiger partial charge on any atom is -0.320 e. The minimum absolute atomic E-state index is 0.102. The number of nitrogens with zero attached hydrogens (tertiary/aromatic N) is 1. The lowest BCUT2D eigenvalue weighted by Gasteiger charge is -2.08. The third-order valence-electron chi connectivity index (χ3n) is 3.32. The summed E-state index contributed by atoms with van der Waals surface area (Å²) in [6.45, 7) is 0. The molecule has 0 aliphatic carbocycles. The van der Waals surface area contributed by atoms with E-state index in [1.807, 2.05) is 0 Å². The summed E-state index contributed by atoms with van der Waals surface area (Å²) in [4.78, 5) is 30.5. The standard InChI is InChI=1S/C16H11F2N3O2/c17-14(18)9-3-1-4-10(7-9)15(22)21-12-6-2-5-11-13(12)19-8-20-16(11)23/h1-8,14H,(H,21,22)(H,19,20,23). The molecule has 0 atom stereocenters. The van der Waals surface area contributed by atoms with Crippen molar-refractivity contribution >= 4 is 22.5 Å². The Labute approximate surface area is 129 Å². The second-order valence-corrected chi connectivity index (χ2v) is 4.81. The molecule has 1 aromatic heterocycles.